The van der Waals surface area contributed by atoms with Gasteiger partial charge in [0.25, 0.3) is 11.8 Å². The van der Waals surface area contributed by atoms with Crippen molar-refractivity contribution in [1.29, 1.82) is 0 Å². The Balaban J connectivity index is 1.06. The molecule has 33 nitrogen and oxygen atoms in total. The lowest BCUT2D eigenvalue weighted by Gasteiger charge is -2.42. The summed E-state index contributed by atoms with van der Waals surface area (Å²) in [5.41, 5.74) is 15.3. The van der Waals surface area contributed by atoms with Crippen molar-refractivity contribution in [2.45, 2.75) is 202 Å². The fourth-order valence-corrected chi connectivity index (χ4v) is 14.2. The van der Waals surface area contributed by atoms with E-state index in [-0.39, 0.29) is 62.6 Å². The Morgan fingerprint density at radius 2 is 1.30 bits per heavy atom. The third-order valence-corrected chi connectivity index (χ3v) is 20.3. The fraction of sp³-hybridized carbons (Fsp3) is 0.581. The van der Waals surface area contributed by atoms with Crippen LogP contribution in [0.4, 0.5) is 11.4 Å². The van der Waals surface area contributed by atoms with Crippen LogP contribution < -0.4 is 53.6 Å². The number of nitrogens with one attached hydrogen (secondary N) is 7. The normalized spacial score (nSPS) is 23.4. The number of nitrogens with two attached hydrogens (primary N) is 2. The minimum Gasteiger partial charge on any atom is -0.481 e. The van der Waals surface area contributed by atoms with Gasteiger partial charge in [-0.1, -0.05) is 58.1 Å². The highest BCUT2D eigenvalue weighted by molar-refractivity contribution is 6.05. The van der Waals surface area contributed by atoms with Gasteiger partial charge in [0.15, 0.2) is 11.7 Å². The number of aliphatic carboxylic acids is 1. The standard InChI is InChI=1S/C74H107N13O20/c1-40(2)26-29-86-50-24-21-42(67(103)80-36-53(91)63(99)65(101)55(93)39-89)32-46(50)74(5,6)57(86)18-12-9-7-8-11-17-56-73(3,4)45-31-41(66(102)79-35-52(90)62(98)64(100)54(92)38-88)20-23-49(45)85(56)28-14-10-13-19-58(94)78-34-43-30-44-22-25-51-70(106)83-47(16-15-27-77-72(75)76)68(104)81-37-59(95)82-48(33-60(96)97)69(105)84-61(43)71(107)87(44)51/h7-9,11-12,17-18,20-21,23-24,31-32,40,43-44,47-48,51-55,61-65,88-93,98-101H,10,13-16,19,22,25-30,33-39H2,1-6H3,(H11-,75,76,77,78,79,80,81,82,83,84,94,95,96,97,102,103,104,105,106)/p+1/t43?,44-,47-,48-,51-,52?,53?,54?,55?,61+,62?,63?,64?,65?/m0/s1. The first-order valence-corrected chi connectivity index (χ1v) is 36.3. The molecule has 2 bridgehead atoms. The maximum atomic E-state index is 14.7. The Labute approximate surface area is 621 Å². The molecule has 33 heteroatoms. The molecule has 5 heterocycles. The molecule has 0 aromatic heterocycles. The number of carboxylic acid groups (broad SMARTS) is 1. The Morgan fingerprint density at radius 3 is 1.92 bits per heavy atom. The lowest BCUT2D eigenvalue weighted by atomic mass is 9.80. The first-order chi connectivity index (χ1) is 50.6. The van der Waals surface area contributed by atoms with Crippen LogP contribution in [0.15, 0.2) is 89.6 Å². The zero-order chi connectivity index (χ0) is 78.8. The van der Waals surface area contributed by atoms with Crippen molar-refractivity contribution < 1.29 is 104 Å². The van der Waals surface area contributed by atoms with Crippen LogP contribution >= 0.6 is 0 Å². The summed E-state index contributed by atoms with van der Waals surface area (Å²) in [7, 11) is 0. The Hall–Kier alpha value is -9.03. The summed E-state index contributed by atoms with van der Waals surface area (Å²) in [4.78, 5) is 130. The molecule has 7 rings (SSSR count). The number of guanidine groups is 1. The molecule has 107 heavy (non-hydrogen) atoms. The van der Waals surface area contributed by atoms with Gasteiger partial charge in [-0.3, -0.25) is 48.1 Å². The predicted octanol–water partition coefficient (Wildman–Crippen LogP) is -3.04. The predicted molar refractivity (Wildman–Crippen MR) is 392 cm³/mol. The minimum atomic E-state index is -1.90. The molecule has 2 aromatic rings. The van der Waals surface area contributed by atoms with E-state index in [0.29, 0.717) is 50.3 Å². The van der Waals surface area contributed by atoms with Crippen molar-refractivity contribution in [3.05, 3.63) is 107 Å². The van der Waals surface area contributed by atoms with Gasteiger partial charge in [0.05, 0.1) is 43.8 Å². The van der Waals surface area contributed by atoms with Crippen LogP contribution in [0.5, 0.6) is 0 Å². The molecular weight excluding hydrogens is 1390 g/mol. The monoisotopic (exact) mass is 1500 g/mol. The van der Waals surface area contributed by atoms with Crippen molar-refractivity contribution in [1.82, 2.24) is 42.1 Å². The number of benzene rings is 2. The van der Waals surface area contributed by atoms with Crippen molar-refractivity contribution in [3.8, 4) is 0 Å². The second-order valence-electron chi connectivity index (χ2n) is 29.3. The van der Waals surface area contributed by atoms with Crippen LogP contribution in [0, 0.1) is 11.8 Å². The van der Waals surface area contributed by atoms with Crippen molar-refractivity contribution in [2.75, 3.05) is 63.9 Å². The molecule has 5 aliphatic heterocycles. The number of amides is 8. The number of unbranched alkanes of at least 4 members (excludes halogenated alkanes) is 2. The van der Waals surface area contributed by atoms with Crippen molar-refractivity contribution in [2.24, 2.45) is 28.3 Å². The molecule has 8 amide bonds. The summed E-state index contributed by atoms with van der Waals surface area (Å²) in [6.07, 6.45) is 1.79. The lowest BCUT2D eigenvalue weighted by Crippen LogP contribution is -2.65. The number of hydrogen-bond donors (Lipinski definition) is 20. The first kappa shape index (κ1) is 85.2. The molecule has 3 fully saturated rings. The van der Waals surface area contributed by atoms with Gasteiger partial charge in [0, 0.05) is 103 Å². The number of aliphatic hydroxyl groups is 10. The maximum Gasteiger partial charge on any atom is 0.305 e. The first-order valence-electron chi connectivity index (χ1n) is 36.3. The summed E-state index contributed by atoms with van der Waals surface area (Å²) in [5, 5.41) is 128. The Morgan fingerprint density at radius 1 is 0.692 bits per heavy atom. The van der Waals surface area contributed by atoms with Crippen LogP contribution in [0.25, 0.3) is 0 Å². The number of carbonyl (C=O) groups excluding carboxylic acids is 8. The van der Waals surface area contributed by atoms with Gasteiger partial charge >= 0.3 is 5.97 Å². The largest absolute Gasteiger partial charge is 0.481 e. The van der Waals surface area contributed by atoms with Gasteiger partial charge in [0.2, 0.25) is 41.1 Å². The zero-order valence-corrected chi connectivity index (χ0v) is 61.3. The molecule has 0 spiro atoms. The van der Waals surface area contributed by atoms with E-state index in [1.165, 1.54) is 4.90 Å². The van der Waals surface area contributed by atoms with Gasteiger partial charge in [-0.2, -0.15) is 4.58 Å². The average molecular weight is 1500 g/mol. The smallest absolute Gasteiger partial charge is 0.305 e. The van der Waals surface area contributed by atoms with Gasteiger partial charge in [0.1, 0.15) is 67.3 Å². The summed E-state index contributed by atoms with van der Waals surface area (Å²) >= 11 is 0. The number of allylic oxidation sites excluding steroid dienone is 8. The average Bonchev–Trinajstić information content (AvgIpc) is 1.69. The van der Waals surface area contributed by atoms with E-state index in [9.17, 15) is 94.2 Å². The summed E-state index contributed by atoms with van der Waals surface area (Å²) in [6, 6.07) is 4.64. The number of aliphatic hydroxyl groups excluding tert-OH is 10. The topological polar surface area (TPSA) is 534 Å². The SMILES string of the molecule is CC(C)CCN1C(=CC=CC=CC=CC2=[N+](CCCCCC(=O)NCC3C[C@@H]4CC[C@H]5C(=O)N[C@@H](CCCN=C(N)N)C(=O)NCC(=O)N[C@@H](CC(=O)O)C(=O)N[C@H]3C(=O)N45)c3ccc(C(=O)NCC(O)C(O)C(O)C(O)CO)cc3C2(C)C)C(C)(C)c2cc(C(=O)NCC(O)C(O)C(O)C(O)CO)ccc21. The Bertz CT molecular complexity index is 3720. The van der Waals surface area contributed by atoms with Gasteiger partial charge < -0.3 is 115 Å². The second-order valence-corrected chi connectivity index (χ2v) is 29.3. The van der Waals surface area contributed by atoms with E-state index in [2.05, 4.69) is 79.4 Å². The number of hydrogen-bond acceptors (Lipinski definition) is 21. The quantitative estimate of drug-likeness (QED) is 0.0107. The third-order valence-electron chi connectivity index (χ3n) is 20.3. The minimum absolute atomic E-state index is 0.0384. The van der Waals surface area contributed by atoms with E-state index < -0.39 is 182 Å². The zero-order valence-electron chi connectivity index (χ0n) is 61.3. The summed E-state index contributed by atoms with van der Waals surface area (Å²) < 4.78 is 2.13. The molecular formula is C74H108N13O20+. The number of fused-ring (bicyclic) bond motifs is 3. The van der Waals surface area contributed by atoms with E-state index in [1.54, 1.807) is 30.3 Å². The van der Waals surface area contributed by atoms with Crippen LogP contribution in [0.1, 0.15) is 144 Å². The van der Waals surface area contributed by atoms with E-state index in [0.717, 1.165) is 40.3 Å². The molecule has 3 saturated heterocycles. The fourth-order valence-electron chi connectivity index (χ4n) is 14.2. The number of piperidine rings is 1. The molecule has 0 radical (unpaired) electrons. The number of nitrogens with zero attached hydrogens (tertiary/aromatic N) is 4. The summed E-state index contributed by atoms with van der Waals surface area (Å²) in [5.74, 6) is -7.49. The maximum absolute atomic E-state index is 14.7. The van der Waals surface area contributed by atoms with Gasteiger partial charge in [-0.15, -0.1) is 0 Å². The number of carbonyl (C=O) groups is 9. The molecule has 14 atom stereocenters. The van der Waals surface area contributed by atoms with Crippen molar-refractivity contribution >= 4 is 76.3 Å². The third kappa shape index (κ3) is 21.9. The number of carboxylic acids is 1. The van der Waals surface area contributed by atoms with Crippen LogP contribution in [0.2, 0.25) is 0 Å². The van der Waals surface area contributed by atoms with Crippen LogP contribution in [-0.2, 0) is 44.4 Å². The second kappa shape index (κ2) is 38.7. The van der Waals surface area contributed by atoms with Gasteiger partial charge in [-0.05, 0) is 113 Å². The van der Waals surface area contributed by atoms with E-state index in [1.807, 2.05) is 62.4 Å². The molecule has 2 aromatic carbocycles. The lowest BCUT2D eigenvalue weighted by molar-refractivity contribution is -0.438. The van der Waals surface area contributed by atoms with E-state index in [4.69, 9.17) is 16.6 Å². The highest BCUT2D eigenvalue weighted by Crippen LogP contribution is 2.49. The van der Waals surface area contributed by atoms with E-state index >= 15 is 0 Å². The molecule has 0 aliphatic carbocycles. The highest BCUT2D eigenvalue weighted by Gasteiger charge is 2.52. The van der Waals surface area contributed by atoms with Gasteiger partial charge in [-0.25, -0.2) is 0 Å². The number of anilines is 1. The molecule has 0 saturated carbocycles. The summed E-state index contributed by atoms with van der Waals surface area (Å²) in [6.45, 7) is 10.2. The molecule has 588 valence electrons. The molecule has 9 unspecified atom stereocenters. The Kier molecular flexibility index (Phi) is 30.8. The highest BCUT2D eigenvalue weighted by atomic mass is 16.4. The number of aliphatic imine (C=N–C) groups is 1. The molecule has 5 aliphatic rings. The number of rotatable bonds is 35. The van der Waals surface area contributed by atoms with Crippen LogP contribution in [-0.4, -0.2) is 269 Å². The van der Waals surface area contributed by atoms with Crippen LogP contribution in [0.3, 0.4) is 0 Å². The van der Waals surface area contributed by atoms with Crippen molar-refractivity contribution in [3.63, 3.8) is 0 Å². The molecule has 22 N–H and O–H groups in total.